The summed E-state index contributed by atoms with van der Waals surface area (Å²) in [5.74, 6) is 0.890. The van der Waals surface area contributed by atoms with Gasteiger partial charge < -0.3 is 4.74 Å². The lowest BCUT2D eigenvalue weighted by Gasteiger charge is -2.07. The Morgan fingerprint density at radius 3 is 2.93 bits per heavy atom. The number of hydrogen-bond acceptors (Lipinski definition) is 2. The van der Waals surface area contributed by atoms with Gasteiger partial charge in [0.15, 0.2) is 0 Å². The van der Waals surface area contributed by atoms with Gasteiger partial charge in [-0.05, 0) is 18.6 Å². The normalized spacial score (nSPS) is 10.5. The maximum Gasteiger partial charge on any atom is 0.145 e. The minimum atomic E-state index is 0.770. The monoisotopic (exact) mass is 201 g/mol. The highest BCUT2D eigenvalue weighted by molar-refractivity contribution is 5.84. The summed E-state index contributed by atoms with van der Waals surface area (Å²) in [5, 5.41) is 1.13. The molecule has 2 heteroatoms. The highest BCUT2D eigenvalue weighted by Crippen LogP contribution is 2.22. The van der Waals surface area contributed by atoms with Crippen LogP contribution in [0.3, 0.4) is 0 Å². The first-order valence-electron chi connectivity index (χ1n) is 5.38. The van der Waals surface area contributed by atoms with Crippen LogP contribution in [-0.2, 0) is 0 Å². The van der Waals surface area contributed by atoms with E-state index in [-0.39, 0.29) is 0 Å². The number of unbranched alkanes of at least 4 members (excludes halogenated alkanes) is 1. The van der Waals surface area contributed by atoms with Crippen LogP contribution < -0.4 is 4.74 Å². The second-order valence-electron chi connectivity index (χ2n) is 3.53. The molecule has 1 aromatic carbocycles. The van der Waals surface area contributed by atoms with Crippen LogP contribution in [-0.4, -0.2) is 11.6 Å². The largest absolute Gasteiger partial charge is 0.491 e. The van der Waals surface area contributed by atoms with E-state index in [1.54, 1.807) is 6.20 Å². The van der Waals surface area contributed by atoms with Gasteiger partial charge in [-0.1, -0.05) is 31.5 Å². The van der Waals surface area contributed by atoms with E-state index in [1.807, 2.05) is 18.2 Å². The van der Waals surface area contributed by atoms with Gasteiger partial charge in [-0.15, -0.1) is 0 Å². The molecule has 0 N–H and O–H groups in total. The van der Waals surface area contributed by atoms with Crippen LogP contribution >= 0.6 is 0 Å². The standard InChI is InChI=1S/C13H15NO/c1-2-3-10-15-12-8-4-6-11-7-5-9-14-13(11)12/h4-9H,2-3,10H2,1H3. The van der Waals surface area contributed by atoms with Crippen molar-refractivity contribution in [1.29, 1.82) is 0 Å². The second-order valence-corrected chi connectivity index (χ2v) is 3.53. The summed E-state index contributed by atoms with van der Waals surface area (Å²) in [6.07, 6.45) is 4.04. The van der Waals surface area contributed by atoms with E-state index in [1.165, 1.54) is 0 Å². The van der Waals surface area contributed by atoms with Gasteiger partial charge in [0.1, 0.15) is 11.3 Å². The number of hydrogen-bond donors (Lipinski definition) is 0. The van der Waals surface area contributed by atoms with Gasteiger partial charge in [0, 0.05) is 11.6 Å². The number of para-hydroxylation sites is 1. The van der Waals surface area contributed by atoms with E-state index in [0.717, 1.165) is 36.1 Å². The molecule has 0 fully saturated rings. The van der Waals surface area contributed by atoms with Crippen LogP contribution in [0.25, 0.3) is 10.9 Å². The molecule has 0 radical (unpaired) electrons. The summed E-state index contributed by atoms with van der Waals surface area (Å²) < 4.78 is 5.70. The molecule has 0 amide bonds. The van der Waals surface area contributed by atoms with Crippen molar-refractivity contribution in [3.05, 3.63) is 36.5 Å². The smallest absolute Gasteiger partial charge is 0.145 e. The number of rotatable bonds is 4. The van der Waals surface area contributed by atoms with E-state index in [4.69, 9.17) is 4.74 Å². The van der Waals surface area contributed by atoms with Gasteiger partial charge in [0.25, 0.3) is 0 Å². The molecule has 0 atom stereocenters. The Labute approximate surface area is 89.9 Å². The molecule has 78 valence electrons. The maximum absolute atomic E-state index is 5.70. The molecule has 0 aliphatic heterocycles. The Morgan fingerprint density at radius 1 is 1.20 bits per heavy atom. The molecule has 2 rings (SSSR count). The van der Waals surface area contributed by atoms with Crippen molar-refractivity contribution in [1.82, 2.24) is 4.98 Å². The fraction of sp³-hybridized carbons (Fsp3) is 0.308. The Hall–Kier alpha value is -1.57. The molecular formula is C13H15NO. The van der Waals surface area contributed by atoms with Gasteiger partial charge in [-0.2, -0.15) is 0 Å². The Bertz CT molecular complexity index is 434. The molecule has 15 heavy (non-hydrogen) atoms. The third-order valence-electron chi connectivity index (χ3n) is 2.35. The van der Waals surface area contributed by atoms with Crippen molar-refractivity contribution in [2.45, 2.75) is 19.8 Å². The van der Waals surface area contributed by atoms with E-state index in [9.17, 15) is 0 Å². The average molecular weight is 201 g/mol. The lowest BCUT2D eigenvalue weighted by Crippen LogP contribution is -1.97. The van der Waals surface area contributed by atoms with E-state index in [2.05, 4.69) is 24.0 Å². The zero-order chi connectivity index (χ0) is 10.5. The van der Waals surface area contributed by atoms with Crippen molar-refractivity contribution in [2.75, 3.05) is 6.61 Å². The lowest BCUT2D eigenvalue weighted by atomic mass is 10.2. The van der Waals surface area contributed by atoms with Gasteiger partial charge >= 0.3 is 0 Å². The van der Waals surface area contributed by atoms with Crippen molar-refractivity contribution < 1.29 is 4.74 Å². The molecule has 2 nitrogen and oxygen atoms in total. The zero-order valence-corrected chi connectivity index (χ0v) is 8.94. The first kappa shape index (κ1) is 9.97. The Kier molecular flexibility index (Phi) is 3.18. The summed E-state index contributed by atoms with van der Waals surface area (Å²) in [5.41, 5.74) is 0.955. The predicted octanol–water partition coefficient (Wildman–Crippen LogP) is 3.41. The van der Waals surface area contributed by atoms with Crippen LogP contribution in [0.15, 0.2) is 36.5 Å². The summed E-state index contributed by atoms with van der Waals surface area (Å²) in [6, 6.07) is 10.0. The fourth-order valence-electron chi connectivity index (χ4n) is 1.52. The van der Waals surface area contributed by atoms with E-state index in [0.29, 0.717) is 0 Å². The van der Waals surface area contributed by atoms with Gasteiger partial charge in [-0.25, -0.2) is 0 Å². The number of fused-ring (bicyclic) bond motifs is 1. The number of pyridine rings is 1. The number of ether oxygens (including phenoxy) is 1. The molecule has 0 aliphatic rings. The van der Waals surface area contributed by atoms with Crippen molar-refractivity contribution >= 4 is 10.9 Å². The van der Waals surface area contributed by atoms with Crippen LogP contribution in [0.5, 0.6) is 5.75 Å². The fourth-order valence-corrected chi connectivity index (χ4v) is 1.52. The Balaban J connectivity index is 2.26. The molecule has 0 spiro atoms. The average Bonchev–Trinajstić information content (AvgIpc) is 2.30. The molecule has 1 heterocycles. The van der Waals surface area contributed by atoms with Crippen LogP contribution in [0.1, 0.15) is 19.8 Å². The third-order valence-corrected chi connectivity index (χ3v) is 2.35. The van der Waals surface area contributed by atoms with Gasteiger partial charge in [0.05, 0.1) is 6.61 Å². The second kappa shape index (κ2) is 4.78. The first-order chi connectivity index (χ1) is 7.42. The number of nitrogens with zero attached hydrogens (tertiary/aromatic N) is 1. The molecule has 0 aliphatic carbocycles. The van der Waals surface area contributed by atoms with Crippen molar-refractivity contribution in [2.24, 2.45) is 0 Å². The van der Waals surface area contributed by atoms with Crippen LogP contribution in [0.4, 0.5) is 0 Å². The quantitative estimate of drug-likeness (QED) is 0.707. The molecule has 1 aromatic heterocycles. The topological polar surface area (TPSA) is 22.1 Å². The summed E-state index contributed by atoms with van der Waals surface area (Å²) in [4.78, 5) is 4.33. The lowest BCUT2D eigenvalue weighted by molar-refractivity contribution is 0.312. The molecule has 0 saturated heterocycles. The first-order valence-corrected chi connectivity index (χ1v) is 5.38. The summed E-state index contributed by atoms with van der Waals surface area (Å²) in [6.45, 7) is 2.93. The predicted molar refractivity (Wildman–Crippen MR) is 62.1 cm³/mol. The minimum absolute atomic E-state index is 0.770. The van der Waals surface area contributed by atoms with Crippen molar-refractivity contribution in [3.8, 4) is 5.75 Å². The summed E-state index contributed by atoms with van der Waals surface area (Å²) >= 11 is 0. The zero-order valence-electron chi connectivity index (χ0n) is 8.94. The highest BCUT2D eigenvalue weighted by atomic mass is 16.5. The highest BCUT2D eigenvalue weighted by Gasteiger charge is 2.01. The van der Waals surface area contributed by atoms with Gasteiger partial charge in [0.2, 0.25) is 0 Å². The molecule has 2 aromatic rings. The third kappa shape index (κ3) is 2.27. The SMILES string of the molecule is CCCCOc1cccc2cccnc12. The minimum Gasteiger partial charge on any atom is -0.491 e. The van der Waals surface area contributed by atoms with Crippen LogP contribution in [0, 0.1) is 0 Å². The molecule has 0 saturated carbocycles. The van der Waals surface area contributed by atoms with Gasteiger partial charge in [-0.3, -0.25) is 4.98 Å². The number of aromatic nitrogens is 1. The molecular weight excluding hydrogens is 186 g/mol. The molecule has 0 bridgehead atoms. The van der Waals surface area contributed by atoms with Crippen LogP contribution in [0.2, 0.25) is 0 Å². The van der Waals surface area contributed by atoms with E-state index < -0.39 is 0 Å². The summed E-state index contributed by atoms with van der Waals surface area (Å²) in [7, 11) is 0. The maximum atomic E-state index is 5.70. The number of benzene rings is 1. The van der Waals surface area contributed by atoms with E-state index >= 15 is 0 Å². The van der Waals surface area contributed by atoms with Crippen molar-refractivity contribution in [3.63, 3.8) is 0 Å². The Morgan fingerprint density at radius 2 is 2.07 bits per heavy atom. The molecule has 0 unspecified atom stereocenters.